The van der Waals surface area contributed by atoms with Crippen LogP contribution in [0.5, 0.6) is 0 Å². The Balaban J connectivity index is 0.00000153. The van der Waals surface area contributed by atoms with Crippen LogP contribution < -0.4 is 0 Å². The Labute approximate surface area is 262 Å². The van der Waals surface area contributed by atoms with Crippen LogP contribution >= 0.6 is 0 Å². The van der Waals surface area contributed by atoms with E-state index in [4.69, 9.17) is 28.8 Å². The van der Waals surface area contributed by atoms with Crippen LogP contribution in [0.2, 0.25) is 0 Å². The number of carboxylic acids is 1. The minimum absolute atomic E-state index is 0.0430. The lowest BCUT2D eigenvalue weighted by molar-refractivity contribution is -0.169. The number of aliphatic hydroxyl groups excluding tert-OH is 4. The van der Waals surface area contributed by atoms with Crippen molar-refractivity contribution in [2.24, 2.45) is 16.7 Å². The number of epoxide rings is 2. The van der Waals surface area contributed by atoms with Gasteiger partial charge in [0.2, 0.25) is 0 Å². The fraction of sp³-hybridized carbons (Fsp3) is 0.903. The fourth-order valence-electron chi connectivity index (χ4n) is 4.05. The first-order valence-electron chi connectivity index (χ1n) is 15.6. The number of hydrogen-bond acceptors (Lipinski definition) is 12. The van der Waals surface area contributed by atoms with Crippen LogP contribution in [0, 0.1) is 16.7 Å². The Morgan fingerprint density at radius 1 is 0.795 bits per heavy atom. The summed E-state index contributed by atoms with van der Waals surface area (Å²) < 4.78 is 25.3. The van der Waals surface area contributed by atoms with Crippen molar-refractivity contribution in [3.8, 4) is 0 Å². The van der Waals surface area contributed by atoms with Crippen LogP contribution in [0.25, 0.3) is 0 Å². The molecule has 0 spiro atoms. The highest BCUT2D eigenvalue weighted by Crippen LogP contribution is 2.42. The van der Waals surface area contributed by atoms with Crippen molar-refractivity contribution >= 4 is 17.9 Å². The molecule has 44 heavy (non-hydrogen) atoms. The minimum Gasteiger partial charge on any atom is -0.481 e. The average molecular weight is 639 g/mol. The van der Waals surface area contributed by atoms with Crippen molar-refractivity contribution in [3.63, 3.8) is 0 Å². The zero-order chi connectivity index (χ0) is 33.9. The average Bonchev–Trinajstić information content (AvgIpc) is 3.92. The van der Waals surface area contributed by atoms with Gasteiger partial charge >= 0.3 is 17.9 Å². The van der Waals surface area contributed by atoms with E-state index in [1.807, 2.05) is 0 Å². The van der Waals surface area contributed by atoms with Gasteiger partial charge in [-0.15, -0.1) is 0 Å². The smallest absolute Gasteiger partial charge is 0.311 e. The lowest BCUT2D eigenvalue weighted by Gasteiger charge is -2.37. The van der Waals surface area contributed by atoms with Gasteiger partial charge in [0.05, 0.1) is 68.1 Å². The van der Waals surface area contributed by atoms with E-state index in [1.165, 1.54) is 26.7 Å². The second kappa shape index (κ2) is 21.8. The summed E-state index contributed by atoms with van der Waals surface area (Å²) in [5.74, 6) is -3.52. The molecule has 0 aliphatic carbocycles. The van der Waals surface area contributed by atoms with Crippen molar-refractivity contribution < 1.29 is 63.6 Å². The maximum Gasteiger partial charge on any atom is 0.311 e. The third kappa shape index (κ3) is 18.2. The Morgan fingerprint density at radius 3 is 1.61 bits per heavy atom. The number of carbonyl (C=O) groups is 3. The van der Waals surface area contributed by atoms with Gasteiger partial charge in [-0.2, -0.15) is 0 Å². The van der Waals surface area contributed by atoms with Crippen LogP contribution in [-0.2, 0) is 38.1 Å². The maximum absolute atomic E-state index is 12.9. The van der Waals surface area contributed by atoms with Crippen molar-refractivity contribution in [2.75, 3.05) is 46.2 Å². The summed E-state index contributed by atoms with van der Waals surface area (Å²) >= 11 is 0. The van der Waals surface area contributed by atoms with Gasteiger partial charge in [-0.05, 0) is 52.4 Å². The highest BCUT2D eigenvalue weighted by Gasteiger charge is 2.47. The molecule has 13 heteroatoms. The Bertz CT molecular complexity index is 804. The number of hydrogen-bond donors (Lipinski definition) is 5. The Morgan fingerprint density at radius 2 is 1.25 bits per heavy atom. The van der Waals surface area contributed by atoms with Crippen molar-refractivity contribution in [1.29, 1.82) is 0 Å². The summed E-state index contributed by atoms with van der Waals surface area (Å²) in [5, 5.41) is 47.2. The molecule has 0 aromatic heterocycles. The highest BCUT2D eigenvalue weighted by molar-refractivity contribution is 5.81. The molecule has 2 aliphatic heterocycles. The van der Waals surface area contributed by atoms with E-state index >= 15 is 0 Å². The van der Waals surface area contributed by atoms with Gasteiger partial charge in [0, 0.05) is 0 Å². The van der Waals surface area contributed by atoms with Crippen LogP contribution in [-0.4, -0.2) is 120 Å². The topological polar surface area (TPSA) is 205 Å². The largest absolute Gasteiger partial charge is 0.481 e. The van der Waals surface area contributed by atoms with Crippen molar-refractivity contribution in [3.05, 3.63) is 0 Å². The molecule has 0 bridgehead atoms. The fourth-order valence-corrected chi connectivity index (χ4v) is 4.05. The zero-order valence-electron chi connectivity index (χ0n) is 27.7. The van der Waals surface area contributed by atoms with E-state index in [2.05, 4.69) is 13.8 Å². The van der Waals surface area contributed by atoms with E-state index < -0.39 is 66.2 Å². The number of carbonyl (C=O) groups excluding carboxylic acids is 2. The lowest BCUT2D eigenvalue weighted by atomic mass is 9.68. The van der Waals surface area contributed by atoms with Crippen LogP contribution in [0.3, 0.4) is 0 Å². The molecule has 2 aliphatic rings. The van der Waals surface area contributed by atoms with E-state index in [9.17, 15) is 34.8 Å². The molecule has 260 valence electrons. The van der Waals surface area contributed by atoms with E-state index in [0.29, 0.717) is 18.6 Å². The second-order valence-corrected chi connectivity index (χ2v) is 12.1. The zero-order valence-corrected chi connectivity index (χ0v) is 27.7. The molecule has 2 saturated heterocycles. The molecule has 0 aromatic rings. The molecule has 8 unspecified atom stereocenters. The first-order chi connectivity index (χ1) is 20.6. The van der Waals surface area contributed by atoms with Gasteiger partial charge in [-0.3, -0.25) is 14.4 Å². The molecule has 0 amide bonds. The van der Waals surface area contributed by atoms with Crippen molar-refractivity contribution in [2.45, 2.75) is 118 Å². The van der Waals surface area contributed by atoms with Crippen LogP contribution in [0.15, 0.2) is 0 Å². The molecule has 2 heterocycles. The molecule has 8 atom stereocenters. The quantitative estimate of drug-likeness (QED) is 0.0958. The van der Waals surface area contributed by atoms with Gasteiger partial charge in [0.25, 0.3) is 0 Å². The predicted molar refractivity (Wildman–Crippen MR) is 161 cm³/mol. The molecular formula is C31H58O13. The highest BCUT2D eigenvalue weighted by atomic mass is 16.6. The van der Waals surface area contributed by atoms with Gasteiger partial charge in [0.15, 0.2) is 0 Å². The summed E-state index contributed by atoms with van der Waals surface area (Å²) in [6.07, 6.45) is 1.14. The molecule has 0 saturated carbocycles. The number of esters is 2. The summed E-state index contributed by atoms with van der Waals surface area (Å²) in [4.78, 5) is 37.2. The summed E-state index contributed by atoms with van der Waals surface area (Å²) in [7, 11) is 0. The Kier molecular flexibility index (Phi) is 20.9. The van der Waals surface area contributed by atoms with Crippen LogP contribution in [0.4, 0.5) is 0 Å². The van der Waals surface area contributed by atoms with Crippen LogP contribution in [0.1, 0.15) is 87.0 Å². The summed E-state index contributed by atoms with van der Waals surface area (Å²) in [6.45, 7) is 12.8. The second-order valence-electron chi connectivity index (χ2n) is 12.1. The number of aliphatic carboxylic acids is 1. The third-order valence-electron chi connectivity index (χ3n) is 7.56. The number of ether oxygens (including phenoxy) is 5. The predicted octanol–water partition coefficient (Wildman–Crippen LogP) is 2.09. The van der Waals surface area contributed by atoms with E-state index in [0.717, 1.165) is 13.2 Å². The first-order valence-corrected chi connectivity index (χ1v) is 15.6. The minimum atomic E-state index is -1.41. The monoisotopic (exact) mass is 638 g/mol. The number of carboxylic acid groups (broad SMARTS) is 1. The SMILES string of the molecule is CCC(O)COCC(O)COC(=O)C(C)(CC)CC(C)(CC(C)C(=O)O)C(=O)OCC(O)CO.CCC1CO1.CCC1CO1. The number of rotatable bonds is 20. The summed E-state index contributed by atoms with van der Waals surface area (Å²) in [6, 6.07) is 0. The van der Waals surface area contributed by atoms with E-state index in [1.54, 1.807) is 20.8 Å². The maximum atomic E-state index is 12.9. The molecule has 2 fully saturated rings. The molecular weight excluding hydrogens is 580 g/mol. The molecule has 13 nitrogen and oxygen atoms in total. The molecule has 0 aromatic carbocycles. The Hall–Kier alpha value is -1.87. The van der Waals surface area contributed by atoms with Crippen molar-refractivity contribution in [1.82, 2.24) is 0 Å². The van der Waals surface area contributed by atoms with E-state index in [-0.39, 0.29) is 39.1 Å². The summed E-state index contributed by atoms with van der Waals surface area (Å²) in [5.41, 5.74) is -2.62. The number of aliphatic hydroxyl groups is 4. The normalized spacial score (nSPS) is 22.2. The van der Waals surface area contributed by atoms with Gasteiger partial charge < -0.3 is 49.2 Å². The standard InChI is InChI=1S/C23H42O11.2C4H8O/c1-6-16(25)10-32-11-18(27)13-34-20(30)22(4,7-2)14-23(5,8-15(3)19(28)29)21(31)33-12-17(26)9-24;2*1-2-4-3-5-4/h15-18,24-27H,6-14H2,1-5H3,(H,28,29);2*4H,2-3H2,1H3. The molecule has 2 rings (SSSR count). The van der Waals surface area contributed by atoms with Gasteiger partial charge in [-0.25, -0.2) is 0 Å². The third-order valence-corrected chi connectivity index (χ3v) is 7.56. The first kappa shape index (κ1) is 42.1. The lowest BCUT2D eigenvalue weighted by Crippen LogP contribution is -2.43. The molecule has 5 N–H and O–H groups in total. The van der Waals surface area contributed by atoms with Gasteiger partial charge in [-0.1, -0.05) is 34.6 Å². The molecule has 0 radical (unpaired) electrons. The van der Waals surface area contributed by atoms with Gasteiger partial charge in [0.1, 0.15) is 25.4 Å².